The second-order valence-corrected chi connectivity index (χ2v) is 12.7. The van der Waals surface area contributed by atoms with E-state index in [4.69, 9.17) is 44.3 Å². The number of rotatable bonds is 2. The SMILES string of the molecule is CC1(C)O[C@@H]2C[C@H]3[C@@H]4C[C@H](Cl)C5=CC(=O)C=C[C@]5(C)[C@H]4[C@@H](O)C[C@]3(C)[C@]2(C(=O)C(Cl)Cl)O1. The highest BCUT2D eigenvalue weighted by Crippen LogP contribution is 2.70. The molecule has 0 spiro atoms. The number of aliphatic hydroxyl groups is 1. The third-order valence-electron chi connectivity index (χ3n) is 9.03. The molecule has 9 atom stereocenters. The third kappa shape index (κ3) is 2.82. The zero-order valence-corrected chi connectivity index (χ0v) is 20.9. The highest BCUT2D eigenvalue weighted by atomic mass is 35.5. The molecule has 8 heteroatoms. The molecule has 0 radical (unpaired) electrons. The predicted molar refractivity (Wildman–Crippen MR) is 122 cm³/mol. The van der Waals surface area contributed by atoms with E-state index in [1.807, 2.05) is 13.0 Å². The molecule has 0 unspecified atom stereocenters. The summed E-state index contributed by atoms with van der Waals surface area (Å²) in [4.78, 5) is 24.3. The Balaban J connectivity index is 1.62. The minimum Gasteiger partial charge on any atom is -0.393 e. The molecule has 5 nitrogen and oxygen atoms in total. The second kappa shape index (κ2) is 7.05. The first-order chi connectivity index (χ1) is 14.8. The molecule has 1 aliphatic heterocycles. The van der Waals surface area contributed by atoms with Crippen molar-refractivity contribution >= 4 is 46.4 Å². The molecule has 5 aliphatic rings. The fourth-order valence-corrected chi connectivity index (χ4v) is 8.86. The lowest BCUT2D eigenvalue weighted by Crippen LogP contribution is -2.64. The average molecular weight is 504 g/mol. The molecule has 32 heavy (non-hydrogen) atoms. The number of Topliss-reactive ketones (excluding diaryl/α,β-unsaturated/α-hetero) is 1. The summed E-state index contributed by atoms with van der Waals surface area (Å²) in [5.41, 5.74) is -1.72. The molecule has 0 aromatic heterocycles. The molecule has 4 fully saturated rings. The van der Waals surface area contributed by atoms with E-state index in [-0.39, 0.29) is 28.9 Å². The maximum Gasteiger partial charge on any atom is 0.200 e. The number of halogens is 3. The average Bonchev–Trinajstić information content (AvgIpc) is 3.08. The lowest BCUT2D eigenvalue weighted by atomic mass is 9.46. The van der Waals surface area contributed by atoms with Crippen LogP contribution >= 0.6 is 34.8 Å². The van der Waals surface area contributed by atoms with Gasteiger partial charge in [0, 0.05) is 16.7 Å². The number of carbonyl (C=O) groups excluding carboxylic acids is 2. The Labute approximate surface area is 203 Å². The fourth-order valence-electron chi connectivity index (χ4n) is 8.03. The molecule has 176 valence electrons. The van der Waals surface area contributed by atoms with E-state index in [0.29, 0.717) is 19.3 Å². The Morgan fingerprint density at radius 2 is 1.91 bits per heavy atom. The van der Waals surface area contributed by atoms with E-state index in [1.165, 1.54) is 0 Å². The minimum absolute atomic E-state index is 0.0127. The second-order valence-electron chi connectivity index (χ2n) is 11.1. The summed E-state index contributed by atoms with van der Waals surface area (Å²) in [6.45, 7) is 7.64. The highest BCUT2D eigenvalue weighted by molar-refractivity contribution is 6.54. The third-order valence-corrected chi connectivity index (χ3v) is 9.84. The van der Waals surface area contributed by atoms with Crippen LogP contribution in [0.1, 0.15) is 47.0 Å². The van der Waals surface area contributed by atoms with E-state index in [9.17, 15) is 14.7 Å². The Bertz CT molecular complexity index is 944. The number of hydrogen-bond acceptors (Lipinski definition) is 5. The molecular weight excluding hydrogens is 475 g/mol. The highest BCUT2D eigenvalue weighted by Gasteiger charge is 2.77. The van der Waals surface area contributed by atoms with Gasteiger partial charge in [0.1, 0.15) is 0 Å². The first kappa shape index (κ1) is 23.3. The van der Waals surface area contributed by atoms with Crippen molar-refractivity contribution in [1.82, 2.24) is 0 Å². The van der Waals surface area contributed by atoms with Crippen molar-refractivity contribution in [2.45, 2.75) is 80.8 Å². The van der Waals surface area contributed by atoms with E-state index in [1.54, 1.807) is 26.0 Å². The Morgan fingerprint density at radius 1 is 1.22 bits per heavy atom. The molecule has 4 aliphatic carbocycles. The van der Waals surface area contributed by atoms with Crippen molar-refractivity contribution in [3.8, 4) is 0 Å². The summed E-state index contributed by atoms with van der Waals surface area (Å²) in [6.07, 6.45) is 5.43. The van der Waals surface area contributed by atoms with Crippen LogP contribution in [0.4, 0.5) is 0 Å². The van der Waals surface area contributed by atoms with Gasteiger partial charge in [0.25, 0.3) is 0 Å². The zero-order valence-electron chi connectivity index (χ0n) is 18.6. The van der Waals surface area contributed by atoms with Crippen molar-refractivity contribution in [1.29, 1.82) is 0 Å². The van der Waals surface area contributed by atoms with Gasteiger partial charge in [-0.05, 0) is 62.7 Å². The van der Waals surface area contributed by atoms with E-state index < -0.39 is 45.0 Å². The minimum atomic E-state index is -1.33. The van der Waals surface area contributed by atoms with Crippen molar-refractivity contribution in [3.63, 3.8) is 0 Å². The van der Waals surface area contributed by atoms with Crippen LogP contribution in [0.25, 0.3) is 0 Å². The Hall–Kier alpha value is -0.430. The maximum atomic E-state index is 13.5. The number of hydrogen-bond donors (Lipinski definition) is 1. The normalized spacial score (nSPS) is 51.0. The lowest BCUT2D eigenvalue weighted by molar-refractivity contribution is -0.223. The molecule has 5 rings (SSSR count). The topological polar surface area (TPSA) is 72.8 Å². The summed E-state index contributed by atoms with van der Waals surface area (Å²) in [6, 6.07) is 0. The van der Waals surface area contributed by atoms with Gasteiger partial charge in [0.15, 0.2) is 22.0 Å². The molecule has 0 bridgehead atoms. The van der Waals surface area contributed by atoms with Crippen LogP contribution in [0.3, 0.4) is 0 Å². The van der Waals surface area contributed by atoms with Crippen molar-refractivity contribution in [3.05, 3.63) is 23.8 Å². The summed E-state index contributed by atoms with van der Waals surface area (Å²) in [5, 5.41) is 11.3. The van der Waals surface area contributed by atoms with Crippen molar-refractivity contribution < 1.29 is 24.2 Å². The summed E-state index contributed by atoms with van der Waals surface area (Å²) in [5.74, 6) is -1.54. The smallest absolute Gasteiger partial charge is 0.200 e. The lowest BCUT2D eigenvalue weighted by Gasteiger charge is -2.60. The first-order valence-corrected chi connectivity index (χ1v) is 12.6. The van der Waals surface area contributed by atoms with Crippen LogP contribution < -0.4 is 0 Å². The van der Waals surface area contributed by atoms with Gasteiger partial charge in [-0.3, -0.25) is 9.59 Å². The first-order valence-electron chi connectivity index (χ1n) is 11.2. The number of allylic oxidation sites excluding steroid dienone is 4. The van der Waals surface area contributed by atoms with Gasteiger partial charge < -0.3 is 14.6 Å². The van der Waals surface area contributed by atoms with Crippen LogP contribution in [0.2, 0.25) is 0 Å². The van der Waals surface area contributed by atoms with Gasteiger partial charge in [0.2, 0.25) is 5.78 Å². The molecule has 0 amide bonds. The standard InChI is InChI=1S/C24H29Cl3O5/c1-21(2)31-17-9-13-12-8-15(25)14-7-11(28)5-6-22(14,3)18(12)16(29)10-23(13,4)24(17,32-21)19(30)20(26)27/h5-7,12-13,15-18,20,29H,8-10H2,1-4H3/t12-,13-,15-,16-,17+,18+,22-,23-,24-/m0/s1. The van der Waals surface area contributed by atoms with Crippen molar-refractivity contribution in [2.75, 3.05) is 0 Å². The summed E-state index contributed by atoms with van der Waals surface area (Å²) in [7, 11) is 0. The van der Waals surface area contributed by atoms with Crippen LogP contribution in [-0.2, 0) is 19.1 Å². The number of fused-ring (bicyclic) bond motifs is 7. The van der Waals surface area contributed by atoms with Gasteiger partial charge in [-0.1, -0.05) is 43.1 Å². The van der Waals surface area contributed by atoms with E-state index >= 15 is 0 Å². The van der Waals surface area contributed by atoms with Gasteiger partial charge in [-0.15, -0.1) is 11.6 Å². The summed E-state index contributed by atoms with van der Waals surface area (Å²) >= 11 is 19.1. The van der Waals surface area contributed by atoms with Crippen LogP contribution in [-0.4, -0.2) is 50.5 Å². The van der Waals surface area contributed by atoms with E-state index in [0.717, 1.165) is 5.57 Å². The number of carbonyl (C=O) groups is 2. The zero-order chi connectivity index (χ0) is 23.4. The molecule has 1 saturated heterocycles. The van der Waals surface area contributed by atoms with Gasteiger partial charge in [-0.25, -0.2) is 0 Å². The molecule has 0 aromatic rings. The Kier molecular flexibility index (Phi) is 5.14. The number of ketones is 2. The quantitative estimate of drug-likeness (QED) is 0.567. The number of alkyl halides is 3. The van der Waals surface area contributed by atoms with Crippen LogP contribution in [0.15, 0.2) is 23.8 Å². The molecular formula is C24H29Cl3O5. The van der Waals surface area contributed by atoms with Crippen LogP contribution in [0.5, 0.6) is 0 Å². The molecule has 3 saturated carbocycles. The van der Waals surface area contributed by atoms with Gasteiger partial charge in [0.05, 0.1) is 17.6 Å². The van der Waals surface area contributed by atoms with E-state index in [2.05, 4.69) is 6.92 Å². The summed E-state index contributed by atoms with van der Waals surface area (Å²) < 4.78 is 12.6. The maximum absolute atomic E-state index is 13.5. The largest absolute Gasteiger partial charge is 0.393 e. The van der Waals surface area contributed by atoms with Crippen molar-refractivity contribution in [2.24, 2.45) is 28.6 Å². The number of ether oxygens (including phenoxy) is 2. The molecule has 1 heterocycles. The van der Waals surface area contributed by atoms with Gasteiger partial charge >= 0.3 is 0 Å². The monoisotopic (exact) mass is 502 g/mol. The number of aliphatic hydroxyl groups excluding tert-OH is 1. The Morgan fingerprint density at radius 3 is 2.56 bits per heavy atom. The molecule has 0 aromatic carbocycles. The fraction of sp³-hybridized carbons (Fsp3) is 0.750. The molecule has 1 N–H and O–H groups in total. The van der Waals surface area contributed by atoms with Crippen LogP contribution in [0, 0.1) is 28.6 Å². The van der Waals surface area contributed by atoms with Gasteiger partial charge in [-0.2, -0.15) is 0 Å². The predicted octanol–water partition coefficient (Wildman–Crippen LogP) is 4.36.